The number of hydrogen-bond acceptors (Lipinski definition) is 3. The van der Waals surface area contributed by atoms with E-state index in [9.17, 15) is 9.59 Å². The molecule has 1 aliphatic heterocycles. The van der Waals surface area contributed by atoms with Crippen molar-refractivity contribution in [3.63, 3.8) is 0 Å². The molecule has 0 amide bonds. The lowest BCUT2D eigenvalue weighted by Crippen LogP contribution is -3.00. The van der Waals surface area contributed by atoms with Crippen LogP contribution in [0.15, 0.2) is 15.9 Å². The molecule has 7 nitrogen and oxygen atoms in total. The van der Waals surface area contributed by atoms with Crippen LogP contribution in [0.2, 0.25) is 0 Å². The first-order chi connectivity index (χ1) is 10.8. The van der Waals surface area contributed by atoms with Crippen molar-refractivity contribution in [3.8, 4) is 0 Å². The Balaban J connectivity index is 0.00000208. The highest BCUT2D eigenvalue weighted by Crippen LogP contribution is 2.21. The van der Waals surface area contributed by atoms with Crippen molar-refractivity contribution >= 4 is 11.2 Å². The molecule has 0 bridgehead atoms. The van der Waals surface area contributed by atoms with Crippen LogP contribution in [0.1, 0.15) is 26.2 Å². The number of aromatic nitrogens is 4. The van der Waals surface area contributed by atoms with Crippen LogP contribution in [0.4, 0.5) is 0 Å². The molecular weight excluding hydrogens is 421 g/mol. The minimum absolute atomic E-state index is 0. The van der Waals surface area contributed by atoms with Crippen LogP contribution >= 0.6 is 0 Å². The van der Waals surface area contributed by atoms with Gasteiger partial charge in [0.05, 0.1) is 33.0 Å². The Kier molecular flexibility index (Phi) is 5.58. The molecule has 3 rings (SSSR count). The van der Waals surface area contributed by atoms with Crippen molar-refractivity contribution < 1.29 is 28.5 Å². The smallest absolute Gasteiger partial charge is 0.332 e. The molecule has 0 spiro atoms. The van der Waals surface area contributed by atoms with Gasteiger partial charge in [0.25, 0.3) is 5.56 Å². The SMILES string of the molecule is CC(Cn1cnc2c1c(=O)n(C)c(=O)n2C)[N+]1(C)CCCCC1.[I-]. The van der Waals surface area contributed by atoms with Gasteiger partial charge < -0.3 is 33.0 Å². The third-order valence-electron chi connectivity index (χ3n) is 5.58. The molecule has 2 aromatic rings. The molecular formula is C16H26IN5O2. The molecule has 1 unspecified atom stereocenters. The summed E-state index contributed by atoms with van der Waals surface area (Å²) in [5.74, 6) is 0. The quantitative estimate of drug-likeness (QED) is 0.385. The van der Waals surface area contributed by atoms with Gasteiger partial charge in [-0.3, -0.25) is 13.9 Å². The molecule has 134 valence electrons. The van der Waals surface area contributed by atoms with Gasteiger partial charge in [0.1, 0.15) is 6.04 Å². The van der Waals surface area contributed by atoms with Crippen LogP contribution in [-0.4, -0.2) is 49.3 Å². The van der Waals surface area contributed by atoms with Gasteiger partial charge in [0, 0.05) is 14.1 Å². The predicted octanol–water partition coefficient (Wildman–Crippen LogP) is -2.54. The number of hydrogen-bond donors (Lipinski definition) is 0. The normalized spacial score (nSPS) is 18.3. The fraction of sp³-hybridized carbons (Fsp3) is 0.688. The molecule has 1 atom stereocenters. The third kappa shape index (κ3) is 3.05. The molecule has 1 aliphatic rings. The number of aryl methyl sites for hydroxylation is 1. The Hall–Kier alpha value is -1.16. The number of quaternary nitrogens is 1. The summed E-state index contributed by atoms with van der Waals surface area (Å²) >= 11 is 0. The maximum Gasteiger partial charge on any atom is 0.332 e. The standard InChI is InChI=1S/C16H26N5O2.HI/c1-12(21(4)8-6-5-7-9-21)10-20-11-17-14-13(20)15(22)19(3)16(23)18(14)2;/h11-12H,5-10H2,1-4H3;1H/q+1;/p-1. The van der Waals surface area contributed by atoms with Crippen LogP contribution < -0.4 is 35.2 Å². The zero-order valence-electron chi connectivity index (χ0n) is 14.8. The van der Waals surface area contributed by atoms with Gasteiger partial charge in [-0.15, -0.1) is 0 Å². The topological polar surface area (TPSA) is 61.8 Å². The zero-order chi connectivity index (χ0) is 16.8. The minimum Gasteiger partial charge on any atom is -1.00 e. The Morgan fingerprint density at radius 2 is 1.79 bits per heavy atom. The Bertz CT molecular complexity index is 844. The van der Waals surface area contributed by atoms with Crippen molar-refractivity contribution in [2.75, 3.05) is 20.1 Å². The molecule has 3 heterocycles. The summed E-state index contributed by atoms with van der Waals surface area (Å²) in [5, 5.41) is 0. The largest absolute Gasteiger partial charge is 1.00 e. The van der Waals surface area contributed by atoms with Crippen molar-refractivity contribution in [3.05, 3.63) is 27.2 Å². The predicted molar refractivity (Wildman–Crippen MR) is 89.4 cm³/mol. The van der Waals surface area contributed by atoms with Gasteiger partial charge in [0.15, 0.2) is 11.2 Å². The van der Waals surface area contributed by atoms with Gasteiger partial charge in [0.2, 0.25) is 0 Å². The van der Waals surface area contributed by atoms with E-state index in [1.807, 2.05) is 4.57 Å². The number of rotatable bonds is 3. The summed E-state index contributed by atoms with van der Waals surface area (Å²) in [7, 11) is 5.48. The van der Waals surface area contributed by atoms with Crippen LogP contribution in [0.3, 0.4) is 0 Å². The van der Waals surface area contributed by atoms with Crippen LogP contribution in [-0.2, 0) is 20.6 Å². The first-order valence-electron chi connectivity index (χ1n) is 8.30. The molecule has 24 heavy (non-hydrogen) atoms. The number of imidazole rings is 1. The molecule has 0 saturated carbocycles. The molecule has 1 saturated heterocycles. The Morgan fingerprint density at radius 3 is 2.42 bits per heavy atom. The Labute approximate surface area is 158 Å². The molecule has 0 N–H and O–H groups in total. The van der Waals surface area contributed by atoms with E-state index in [1.165, 1.54) is 44.0 Å². The van der Waals surface area contributed by atoms with Crippen molar-refractivity contribution in [2.45, 2.75) is 38.8 Å². The number of nitrogens with zero attached hydrogens (tertiary/aromatic N) is 5. The maximum atomic E-state index is 12.5. The monoisotopic (exact) mass is 447 g/mol. The molecule has 1 fully saturated rings. The average molecular weight is 447 g/mol. The van der Waals surface area contributed by atoms with Gasteiger partial charge in [-0.1, -0.05) is 0 Å². The minimum atomic E-state index is -0.337. The second kappa shape index (κ2) is 6.99. The number of piperidine rings is 1. The summed E-state index contributed by atoms with van der Waals surface area (Å²) in [6.07, 6.45) is 5.54. The van der Waals surface area contributed by atoms with E-state index in [-0.39, 0.29) is 35.2 Å². The lowest BCUT2D eigenvalue weighted by atomic mass is 10.1. The number of halogens is 1. The Morgan fingerprint density at radius 1 is 1.17 bits per heavy atom. The fourth-order valence-electron chi connectivity index (χ4n) is 3.69. The van der Waals surface area contributed by atoms with E-state index in [2.05, 4.69) is 19.0 Å². The van der Waals surface area contributed by atoms with Crippen molar-refractivity contribution in [1.29, 1.82) is 0 Å². The summed E-state index contributed by atoms with van der Waals surface area (Å²) in [6.45, 7) is 5.35. The molecule has 0 aromatic carbocycles. The number of likely N-dealkylation sites (N-methyl/N-ethyl adjacent to an activating group) is 1. The third-order valence-corrected chi connectivity index (χ3v) is 5.58. The average Bonchev–Trinajstić information content (AvgIpc) is 2.95. The highest BCUT2D eigenvalue weighted by molar-refractivity contribution is 5.69. The van der Waals surface area contributed by atoms with Crippen LogP contribution in [0, 0.1) is 0 Å². The molecule has 0 radical (unpaired) electrons. The highest BCUT2D eigenvalue weighted by atomic mass is 127. The molecule has 8 heteroatoms. The van der Waals surface area contributed by atoms with Crippen LogP contribution in [0.5, 0.6) is 0 Å². The van der Waals surface area contributed by atoms with E-state index in [0.717, 1.165) is 15.6 Å². The lowest BCUT2D eigenvalue weighted by Gasteiger charge is -2.43. The van der Waals surface area contributed by atoms with E-state index in [1.54, 1.807) is 13.4 Å². The van der Waals surface area contributed by atoms with E-state index >= 15 is 0 Å². The van der Waals surface area contributed by atoms with Crippen molar-refractivity contribution in [2.24, 2.45) is 14.1 Å². The van der Waals surface area contributed by atoms with Crippen molar-refractivity contribution in [1.82, 2.24) is 18.7 Å². The van der Waals surface area contributed by atoms with Gasteiger partial charge in [-0.05, 0) is 26.2 Å². The summed E-state index contributed by atoms with van der Waals surface area (Å²) in [5.41, 5.74) is 0.376. The van der Waals surface area contributed by atoms with E-state index in [4.69, 9.17) is 0 Å². The fourth-order valence-corrected chi connectivity index (χ4v) is 3.69. The summed E-state index contributed by atoms with van der Waals surface area (Å²) in [6, 6.07) is 0.398. The zero-order valence-corrected chi connectivity index (χ0v) is 17.0. The second-order valence-corrected chi connectivity index (χ2v) is 7.11. The first-order valence-corrected chi connectivity index (χ1v) is 8.30. The molecule has 0 aliphatic carbocycles. The van der Waals surface area contributed by atoms with Crippen LogP contribution in [0.25, 0.3) is 11.2 Å². The van der Waals surface area contributed by atoms with E-state index in [0.29, 0.717) is 17.2 Å². The summed E-state index contributed by atoms with van der Waals surface area (Å²) < 4.78 is 5.54. The lowest BCUT2D eigenvalue weighted by molar-refractivity contribution is -0.936. The second-order valence-electron chi connectivity index (χ2n) is 7.11. The van der Waals surface area contributed by atoms with Gasteiger partial charge in [-0.2, -0.15) is 0 Å². The van der Waals surface area contributed by atoms with Gasteiger partial charge in [-0.25, -0.2) is 9.78 Å². The highest BCUT2D eigenvalue weighted by Gasteiger charge is 2.31. The van der Waals surface area contributed by atoms with Gasteiger partial charge >= 0.3 is 5.69 Å². The maximum absolute atomic E-state index is 12.5. The molecule has 2 aromatic heterocycles. The summed E-state index contributed by atoms with van der Waals surface area (Å²) in [4.78, 5) is 28.8. The number of fused-ring (bicyclic) bond motifs is 1. The van der Waals surface area contributed by atoms with E-state index < -0.39 is 0 Å². The number of likely N-dealkylation sites (tertiary alicyclic amines) is 1. The first kappa shape index (κ1) is 19.2.